The lowest BCUT2D eigenvalue weighted by Crippen LogP contribution is -2.31. The van der Waals surface area contributed by atoms with Crippen molar-refractivity contribution < 1.29 is 13.7 Å². The first-order chi connectivity index (χ1) is 8.66. The molecule has 4 rings (SSSR count). The molecule has 0 saturated heterocycles. The van der Waals surface area contributed by atoms with E-state index in [4.69, 9.17) is 9.15 Å². The fraction of sp³-hybridized carbons (Fsp3) is 0.214. The lowest BCUT2D eigenvalue weighted by molar-refractivity contribution is -0.660. The highest BCUT2D eigenvalue weighted by Gasteiger charge is 2.33. The molecule has 1 aliphatic rings. The Morgan fingerprint density at radius 3 is 2.94 bits per heavy atom. The van der Waals surface area contributed by atoms with Gasteiger partial charge in [-0.05, 0) is 13.0 Å². The lowest BCUT2D eigenvalue weighted by Gasteiger charge is -2.12. The first kappa shape index (κ1) is 9.76. The van der Waals surface area contributed by atoms with E-state index in [2.05, 4.69) is 4.57 Å². The molecule has 1 aliphatic heterocycles. The molecule has 0 fully saturated rings. The van der Waals surface area contributed by atoms with Gasteiger partial charge >= 0.3 is 0 Å². The number of aromatic nitrogens is 2. The average molecular weight is 241 g/mol. The van der Waals surface area contributed by atoms with Crippen LogP contribution < -0.4 is 9.30 Å². The molecule has 0 unspecified atom stereocenters. The molecule has 0 aromatic carbocycles. The van der Waals surface area contributed by atoms with Crippen molar-refractivity contribution in [3.63, 3.8) is 0 Å². The van der Waals surface area contributed by atoms with Crippen LogP contribution in [0, 0.1) is 6.92 Å². The van der Waals surface area contributed by atoms with E-state index in [1.807, 2.05) is 50.1 Å². The van der Waals surface area contributed by atoms with Gasteiger partial charge in [0.2, 0.25) is 5.71 Å². The Balaban J connectivity index is 2.24. The summed E-state index contributed by atoms with van der Waals surface area (Å²) in [5.41, 5.74) is 3.09. The smallest absolute Gasteiger partial charge is 0.259 e. The Labute approximate surface area is 104 Å². The molecular formula is C14H13N2O2+. The summed E-state index contributed by atoms with van der Waals surface area (Å²) in [6, 6.07) is 3.98. The van der Waals surface area contributed by atoms with Crippen molar-refractivity contribution in [2.45, 2.75) is 6.92 Å². The van der Waals surface area contributed by atoms with Crippen LogP contribution >= 0.6 is 0 Å². The minimum absolute atomic E-state index is 0.868. The zero-order chi connectivity index (χ0) is 12.4. The maximum atomic E-state index is 5.96. The van der Waals surface area contributed by atoms with Crippen LogP contribution in [0.15, 0.2) is 28.9 Å². The second-order valence-electron chi connectivity index (χ2n) is 4.75. The van der Waals surface area contributed by atoms with E-state index in [1.54, 1.807) is 0 Å². The summed E-state index contributed by atoms with van der Waals surface area (Å²) < 4.78 is 15.9. The van der Waals surface area contributed by atoms with Gasteiger partial charge in [-0.15, -0.1) is 0 Å². The van der Waals surface area contributed by atoms with Crippen LogP contribution in [0.5, 0.6) is 11.5 Å². The third-order valence-electron chi connectivity index (χ3n) is 3.54. The Hall–Kier alpha value is -2.23. The van der Waals surface area contributed by atoms with Gasteiger partial charge in [-0.25, -0.2) is 0 Å². The van der Waals surface area contributed by atoms with Crippen LogP contribution in [-0.4, -0.2) is 4.57 Å². The molecular weight excluding hydrogens is 228 g/mol. The van der Waals surface area contributed by atoms with Gasteiger partial charge in [-0.2, -0.15) is 4.57 Å². The molecule has 4 nitrogen and oxygen atoms in total. The second kappa shape index (κ2) is 2.96. The maximum Gasteiger partial charge on any atom is 0.259 e. The average Bonchev–Trinajstić information content (AvgIpc) is 2.82. The van der Waals surface area contributed by atoms with Gasteiger partial charge < -0.3 is 13.7 Å². The lowest BCUT2D eigenvalue weighted by atomic mass is 10.1. The highest BCUT2D eigenvalue weighted by Crippen LogP contribution is 2.48. The van der Waals surface area contributed by atoms with E-state index in [9.17, 15) is 0 Å². The second-order valence-corrected chi connectivity index (χ2v) is 4.75. The number of nitrogens with zero attached hydrogens (tertiary/aromatic N) is 2. The fourth-order valence-electron chi connectivity index (χ4n) is 2.76. The molecule has 0 amide bonds. The number of rotatable bonds is 0. The van der Waals surface area contributed by atoms with Crippen molar-refractivity contribution in [2.24, 2.45) is 14.1 Å². The highest BCUT2D eigenvalue weighted by molar-refractivity contribution is 6.01. The van der Waals surface area contributed by atoms with Crippen molar-refractivity contribution in [3.8, 4) is 22.8 Å². The molecule has 3 aromatic rings. The van der Waals surface area contributed by atoms with Gasteiger partial charge in [0.15, 0.2) is 17.7 Å². The third-order valence-corrected chi connectivity index (χ3v) is 3.54. The molecule has 0 atom stereocenters. The van der Waals surface area contributed by atoms with E-state index in [0.717, 1.165) is 39.6 Å². The summed E-state index contributed by atoms with van der Waals surface area (Å²) in [5, 5.41) is 1.07. The molecule has 0 spiro atoms. The van der Waals surface area contributed by atoms with Gasteiger partial charge in [-0.3, -0.25) is 0 Å². The predicted molar refractivity (Wildman–Crippen MR) is 66.6 cm³/mol. The van der Waals surface area contributed by atoms with Crippen LogP contribution in [-0.2, 0) is 14.1 Å². The summed E-state index contributed by atoms with van der Waals surface area (Å²) in [5.74, 6) is 2.69. The molecule has 18 heavy (non-hydrogen) atoms. The number of hydrogen-bond donors (Lipinski definition) is 0. The van der Waals surface area contributed by atoms with Gasteiger partial charge in [0.1, 0.15) is 18.4 Å². The molecule has 0 saturated carbocycles. The number of aryl methyl sites for hydroxylation is 3. The van der Waals surface area contributed by atoms with E-state index in [0.29, 0.717) is 0 Å². The summed E-state index contributed by atoms with van der Waals surface area (Å²) in [6.07, 6.45) is 3.99. The van der Waals surface area contributed by atoms with Crippen molar-refractivity contribution >= 4 is 11.1 Å². The van der Waals surface area contributed by atoms with E-state index in [1.165, 1.54) is 0 Å². The van der Waals surface area contributed by atoms with Crippen molar-refractivity contribution in [1.29, 1.82) is 0 Å². The molecule has 4 heterocycles. The quantitative estimate of drug-likeness (QED) is 0.443. The van der Waals surface area contributed by atoms with E-state index in [-0.39, 0.29) is 0 Å². The van der Waals surface area contributed by atoms with Gasteiger partial charge in [0, 0.05) is 13.1 Å². The molecule has 4 heteroatoms. The van der Waals surface area contributed by atoms with Crippen LogP contribution in [0.25, 0.3) is 22.4 Å². The maximum absolute atomic E-state index is 5.96. The van der Waals surface area contributed by atoms with Crippen molar-refractivity contribution in [3.05, 3.63) is 30.3 Å². The summed E-state index contributed by atoms with van der Waals surface area (Å²) in [7, 11) is 3.99. The van der Waals surface area contributed by atoms with Crippen LogP contribution in [0.1, 0.15) is 5.76 Å². The van der Waals surface area contributed by atoms with Crippen LogP contribution in [0.3, 0.4) is 0 Å². The minimum atomic E-state index is 0.868. The first-order valence-electron chi connectivity index (χ1n) is 5.92. The highest BCUT2D eigenvalue weighted by atomic mass is 16.5. The molecule has 90 valence electrons. The molecule has 0 radical (unpaired) electrons. The zero-order valence-electron chi connectivity index (χ0n) is 10.5. The Kier molecular flexibility index (Phi) is 1.60. The molecule has 0 N–H and O–H groups in total. The number of furan rings is 1. The van der Waals surface area contributed by atoms with Gasteiger partial charge in [-0.1, -0.05) is 0 Å². The monoisotopic (exact) mass is 241 g/mol. The molecule has 3 aromatic heterocycles. The normalized spacial score (nSPS) is 12.6. The van der Waals surface area contributed by atoms with E-state index < -0.39 is 0 Å². The van der Waals surface area contributed by atoms with Gasteiger partial charge in [0.05, 0.1) is 11.6 Å². The molecule has 0 aliphatic carbocycles. The number of hydrogen-bond acceptors (Lipinski definition) is 2. The standard InChI is InChI=1S/C14H13N2O2/c1-8-11-12-10(7-16(3)14(12)17-8)18-9-5-4-6-15(2)13(9)11/h4-7H,1-3H3/q+1. The summed E-state index contributed by atoms with van der Waals surface area (Å²) in [4.78, 5) is 0. The number of ether oxygens (including phenoxy) is 1. The molecule has 0 bridgehead atoms. The predicted octanol–water partition coefficient (Wildman–Crippen LogP) is 2.68. The first-order valence-corrected chi connectivity index (χ1v) is 5.92. The Bertz CT molecular complexity index is 796. The zero-order valence-corrected chi connectivity index (χ0v) is 10.5. The fourth-order valence-corrected chi connectivity index (χ4v) is 2.76. The third kappa shape index (κ3) is 0.984. The minimum Gasteiger partial charge on any atom is -0.448 e. The number of pyridine rings is 1. The SMILES string of the molecule is Cc1oc2c3c(cn2C)Oc2ccc[n+](C)c2-c13. The Morgan fingerprint density at radius 1 is 1.28 bits per heavy atom. The topological polar surface area (TPSA) is 31.2 Å². The number of fused-ring (bicyclic) bond motifs is 2. The van der Waals surface area contributed by atoms with E-state index >= 15 is 0 Å². The van der Waals surface area contributed by atoms with Gasteiger partial charge in [0.25, 0.3) is 5.69 Å². The van der Waals surface area contributed by atoms with Crippen LogP contribution in [0.4, 0.5) is 0 Å². The largest absolute Gasteiger partial charge is 0.448 e. The Morgan fingerprint density at radius 2 is 2.11 bits per heavy atom. The summed E-state index contributed by atoms with van der Waals surface area (Å²) in [6.45, 7) is 2.00. The summed E-state index contributed by atoms with van der Waals surface area (Å²) >= 11 is 0. The van der Waals surface area contributed by atoms with Crippen molar-refractivity contribution in [2.75, 3.05) is 0 Å². The van der Waals surface area contributed by atoms with Crippen LogP contribution in [0.2, 0.25) is 0 Å². The van der Waals surface area contributed by atoms with Crippen molar-refractivity contribution in [1.82, 2.24) is 4.57 Å².